The molecular formula is C25H29N3O. The van der Waals surface area contributed by atoms with E-state index in [-0.39, 0.29) is 5.91 Å². The van der Waals surface area contributed by atoms with Gasteiger partial charge in [0.25, 0.3) is 5.91 Å². The van der Waals surface area contributed by atoms with E-state index < -0.39 is 0 Å². The number of allylic oxidation sites excluding steroid dienone is 1. The van der Waals surface area contributed by atoms with Crippen molar-refractivity contribution in [2.45, 2.75) is 26.7 Å². The molecular weight excluding hydrogens is 358 g/mol. The van der Waals surface area contributed by atoms with Crippen LogP contribution in [0.25, 0.3) is 22.7 Å². The highest BCUT2D eigenvalue weighted by atomic mass is 16.1. The van der Waals surface area contributed by atoms with Gasteiger partial charge in [-0.1, -0.05) is 23.8 Å². The van der Waals surface area contributed by atoms with Gasteiger partial charge < -0.3 is 14.8 Å². The zero-order valence-corrected chi connectivity index (χ0v) is 17.7. The maximum Gasteiger partial charge on any atom is 0.251 e. The molecule has 1 aliphatic rings. The molecule has 1 amide bonds. The van der Waals surface area contributed by atoms with Gasteiger partial charge in [-0.2, -0.15) is 0 Å². The number of nitrogens with zero attached hydrogens (tertiary/aromatic N) is 2. The van der Waals surface area contributed by atoms with Gasteiger partial charge in [-0.25, -0.2) is 0 Å². The highest BCUT2D eigenvalue weighted by Crippen LogP contribution is 2.31. The van der Waals surface area contributed by atoms with E-state index in [0.29, 0.717) is 5.56 Å². The minimum Gasteiger partial charge on any atom is -0.355 e. The zero-order chi connectivity index (χ0) is 20.5. The third-order valence-electron chi connectivity index (χ3n) is 5.98. The van der Waals surface area contributed by atoms with Crippen LogP contribution in [0, 0.1) is 6.92 Å². The molecule has 29 heavy (non-hydrogen) atoms. The SMILES string of the molecule is CNC(=O)c1cccc(C(C)=Cn2c3c(c4cc(C)ccc42)CCN(C)CC3)c1. The van der Waals surface area contributed by atoms with Gasteiger partial charge in [0.05, 0.1) is 5.52 Å². The van der Waals surface area contributed by atoms with Gasteiger partial charge in [0.1, 0.15) is 0 Å². The van der Waals surface area contributed by atoms with E-state index in [0.717, 1.165) is 37.1 Å². The molecule has 3 aromatic rings. The molecule has 0 radical (unpaired) electrons. The van der Waals surface area contributed by atoms with Crippen LogP contribution in [-0.4, -0.2) is 42.6 Å². The van der Waals surface area contributed by atoms with E-state index in [2.05, 4.69) is 66.1 Å². The number of carbonyl (C=O) groups is 1. The summed E-state index contributed by atoms with van der Waals surface area (Å²) < 4.78 is 2.38. The molecule has 4 nitrogen and oxygen atoms in total. The quantitative estimate of drug-likeness (QED) is 0.725. The number of aryl methyl sites for hydroxylation is 1. The fourth-order valence-corrected chi connectivity index (χ4v) is 4.28. The Balaban J connectivity index is 1.85. The van der Waals surface area contributed by atoms with E-state index >= 15 is 0 Å². The van der Waals surface area contributed by atoms with Crippen LogP contribution in [0.2, 0.25) is 0 Å². The Morgan fingerprint density at radius 3 is 2.62 bits per heavy atom. The molecule has 2 aromatic carbocycles. The van der Waals surface area contributed by atoms with Crippen LogP contribution >= 0.6 is 0 Å². The molecule has 1 aliphatic heterocycles. The summed E-state index contributed by atoms with van der Waals surface area (Å²) in [6.45, 7) is 6.45. The van der Waals surface area contributed by atoms with Crippen molar-refractivity contribution in [1.82, 2.24) is 14.8 Å². The summed E-state index contributed by atoms with van der Waals surface area (Å²) in [5.74, 6) is -0.0570. The van der Waals surface area contributed by atoms with Crippen LogP contribution < -0.4 is 5.32 Å². The first-order valence-corrected chi connectivity index (χ1v) is 10.3. The van der Waals surface area contributed by atoms with Crippen molar-refractivity contribution in [3.63, 3.8) is 0 Å². The van der Waals surface area contributed by atoms with Crippen LogP contribution in [0.4, 0.5) is 0 Å². The lowest BCUT2D eigenvalue weighted by Gasteiger charge is -2.13. The summed E-state index contributed by atoms with van der Waals surface area (Å²) >= 11 is 0. The largest absolute Gasteiger partial charge is 0.355 e. The normalized spacial score (nSPS) is 15.2. The Morgan fingerprint density at radius 2 is 1.83 bits per heavy atom. The molecule has 0 atom stereocenters. The van der Waals surface area contributed by atoms with Gasteiger partial charge in [-0.05, 0) is 68.3 Å². The predicted molar refractivity (Wildman–Crippen MR) is 121 cm³/mol. The number of amides is 1. The summed E-state index contributed by atoms with van der Waals surface area (Å²) in [5, 5.41) is 4.08. The van der Waals surface area contributed by atoms with Crippen LogP contribution in [0.5, 0.6) is 0 Å². The van der Waals surface area contributed by atoms with Crippen LogP contribution in [-0.2, 0) is 12.8 Å². The Morgan fingerprint density at radius 1 is 1.07 bits per heavy atom. The maximum atomic E-state index is 12.0. The molecule has 0 fully saturated rings. The molecule has 1 N–H and O–H groups in total. The second-order valence-corrected chi connectivity index (χ2v) is 8.09. The van der Waals surface area contributed by atoms with Gasteiger partial charge in [-0.3, -0.25) is 4.79 Å². The molecule has 0 unspecified atom stereocenters. The number of hydrogen-bond acceptors (Lipinski definition) is 2. The Hall–Kier alpha value is -2.85. The lowest BCUT2D eigenvalue weighted by atomic mass is 10.0. The minimum atomic E-state index is -0.0570. The van der Waals surface area contributed by atoms with Crippen molar-refractivity contribution in [3.05, 3.63) is 70.4 Å². The van der Waals surface area contributed by atoms with Gasteiger partial charge >= 0.3 is 0 Å². The van der Waals surface area contributed by atoms with E-state index in [4.69, 9.17) is 0 Å². The molecule has 1 aromatic heterocycles. The summed E-state index contributed by atoms with van der Waals surface area (Å²) in [6, 6.07) is 14.6. The van der Waals surface area contributed by atoms with Crippen molar-refractivity contribution in [1.29, 1.82) is 0 Å². The lowest BCUT2D eigenvalue weighted by molar-refractivity contribution is 0.0963. The van der Waals surface area contributed by atoms with Crippen molar-refractivity contribution >= 4 is 28.6 Å². The number of likely N-dealkylation sites (N-methyl/N-ethyl adjacent to an activating group) is 1. The fourth-order valence-electron chi connectivity index (χ4n) is 4.28. The van der Waals surface area contributed by atoms with Crippen LogP contribution in [0.3, 0.4) is 0 Å². The minimum absolute atomic E-state index is 0.0570. The summed E-state index contributed by atoms with van der Waals surface area (Å²) in [7, 11) is 3.87. The van der Waals surface area contributed by atoms with E-state index in [1.54, 1.807) is 7.05 Å². The van der Waals surface area contributed by atoms with Crippen molar-refractivity contribution in [3.8, 4) is 0 Å². The van der Waals surface area contributed by atoms with E-state index in [9.17, 15) is 4.79 Å². The fraction of sp³-hybridized carbons (Fsp3) is 0.320. The third-order valence-corrected chi connectivity index (χ3v) is 5.98. The first-order chi connectivity index (χ1) is 14.0. The van der Waals surface area contributed by atoms with Crippen molar-refractivity contribution in [2.75, 3.05) is 27.2 Å². The molecule has 4 rings (SSSR count). The number of rotatable bonds is 3. The standard InChI is InChI=1S/C25H29N3O/c1-17-8-9-23-22(14-17)21-10-12-27(4)13-11-24(21)28(23)16-18(2)19-6-5-7-20(15-19)25(29)26-3/h5-9,14-16H,10-13H2,1-4H3,(H,26,29). The Labute approximate surface area is 172 Å². The van der Waals surface area contributed by atoms with Gasteiger partial charge in [0, 0.05) is 49.4 Å². The average Bonchev–Trinajstić information content (AvgIpc) is 2.87. The number of carbonyl (C=O) groups excluding carboxylic acids is 1. The Bertz CT molecular complexity index is 1110. The molecule has 0 aliphatic carbocycles. The van der Waals surface area contributed by atoms with E-state index in [1.807, 2.05) is 18.2 Å². The highest BCUT2D eigenvalue weighted by molar-refractivity contribution is 5.95. The topological polar surface area (TPSA) is 37.3 Å². The van der Waals surface area contributed by atoms with Gasteiger partial charge in [-0.15, -0.1) is 0 Å². The third kappa shape index (κ3) is 3.73. The van der Waals surface area contributed by atoms with Gasteiger partial charge in [0.15, 0.2) is 0 Å². The van der Waals surface area contributed by atoms with Gasteiger partial charge in [0.2, 0.25) is 0 Å². The molecule has 0 saturated carbocycles. The van der Waals surface area contributed by atoms with Crippen LogP contribution in [0.15, 0.2) is 42.5 Å². The molecule has 0 bridgehead atoms. The first kappa shape index (κ1) is 19.5. The molecule has 0 spiro atoms. The van der Waals surface area contributed by atoms with E-state index in [1.165, 1.54) is 27.7 Å². The summed E-state index contributed by atoms with van der Waals surface area (Å²) in [6.07, 6.45) is 4.37. The molecule has 2 heterocycles. The first-order valence-electron chi connectivity index (χ1n) is 10.3. The maximum absolute atomic E-state index is 12.0. The average molecular weight is 388 g/mol. The summed E-state index contributed by atoms with van der Waals surface area (Å²) in [4.78, 5) is 14.4. The number of fused-ring (bicyclic) bond motifs is 3. The second kappa shape index (κ2) is 7.88. The molecule has 0 saturated heterocycles. The summed E-state index contributed by atoms with van der Waals surface area (Å²) in [5.41, 5.74) is 8.37. The number of benzene rings is 2. The lowest BCUT2D eigenvalue weighted by Crippen LogP contribution is -2.21. The zero-order valence-electron chi connectivity index (χ0n) is 17.7. The predicted octanol–water partition coefficient (Wildman–Crippen LogP) is 4.36. The van der Waals surface area contributed by atoms with Crippen molar-refractivity contribution < 1.29 is 4.79 Å². The second-order valence-electron chi connectivity index (χ2n) is 8.09. The molecule has 150 valence electrons. The monoisotopic (exact) mass is 387 g/mol. The Kier molecular flexibility index (Phi) is 5.29. The van der Waals surface area contributed by atoms with Crippen molar-refractivity contribution in [2.24, 2.45) is 0 Å². The highest BCUT2D eigenvalue weighted by Gasteiger charge is 2.20. The number of hydrogen-bond donors (Lipinski definition) is 1. The van der Waals surface area contributed by atoms with Crippen LogP contribution in [0.1, 0.15) is 39.7 Å². The molecule has 4 heteroatoms. The number of aromatic nitrogens is 1. The number of nitrogens with one attached hydrogen (secondary N) is 1. The smallest absolute Gasteiger partial charge is 0.251 e.